The summed E-state index contributed by atoms with van der Waals surface area (Å²) < 4.78 is 5.58. The number of allylic oxidation sites excluding steroid dienone is 2. The average Bonchev–Trinajstić information content (AvgIpc) is 2.06. The summed E-state index contributed by atoms with van der Waals surface area (Å²) in [6.07, 6.45) is 8.30. The van der Waals surface area contributed by atoms with Crippen LogP contribution in [0, 0.1) is 5.92 Å². The van der Waals surface area contributed by atoms with Gasteiger partial charge in [-0.3, -0.25) is 0 Å². The number of rotatable bonds is 2. The molecule has 0 aromatic heterocycles. The van der Waals surface area contributed by atoms with Crippen molar-refractivity contribution in [3.63, 3.8) is 0 Å². The first-order chi connectivity index (χ1) is 5.17. The van der Waals surface area contributed by atoms with Crippen molar-refractivity contribution in [2.75, 3.05) is 0 Å². The van der Waals surface area contributed by atoms with E-state index in [1.54, 1.807) is 0 Å². The maximum atomic E-state index is 5.58. The lowest BCUT2D eigenvalue weighted by Gasteiger charge is -2.34. The van der Waals surface area contributed by atoms with E-state index >= 15 is 0 Å². The first kappa shape index (κ1) is 9.01. The van der Waals surface area contributed by atoms with E-state index < -0.39 is 0 Å². The maximum absolute atomic E-state index is 5.58. The van der Waals surface area contributed by atoms with E-state index in [-0.39, 0.29) is 5.60 Å². The maximum Gasteiger partial charge on any atom is 0.146 e. The molecule has 0 saturated heterocycles. The summed E-state index contributed by atoms with van der Waals surface area (Å²) in [6.45, 7) is 4.42. The fourth-order valence-corrected chi connectivity index (χ4v) is 1.93. The van der Waals surface area contributed by atoms with Gasteiger partial charge in [-0.15, -0.1) is 0 Å². The molecule has 0 amide bonds. The van der Waals surface area contributed by atoms with Gasteiger partial charge in [0.1, 0.15) is 10.5 Å². The van der Waals surface area contributed by atoms with Crippen LogP contribution < -0.4 is 0 Å². The van der Waals surface area contributed by atoms with E-state index in [4.69, 9.17) is 4.43 Å². The third kappa shape index (κ3) is 2.17. The number of hydrogen-bond donors (Lipinski definition) is 0. The molecule has 0 fully saturated rings. The second-order valence-corrected chi connectivity index (χ2v) is 4.20. The standard InChI is InChI=1S/C9H18OSi/c1-9(2,10-11)8-6-4-3-5-7-8/h3-4,8H,5-7H2,1-2,11H3. The Morgan fingerprint density at radius 1 is 1.45 bits per heavy atom. The van der Waals surface area contributed by atoms with Crippen LogP contribution >= 0.6 is 0 Å². The van der Waals surface area contributed by atoms with Crippen LogP contribution in [-0.2, 0) is 4.43 Å². The van der Waals surface area contributed by atoms with Gasteiger partial charge in [0.15, 0.2) is 0 Å². The quantitative estimate of drug-likeness (QED) is 0.450. The molecule has 0 aromatic carbocycles. The fraction of sp³-hybridized carbons (Fsp3) is 0.778. The lowest BCUT2D eigenvalue weighted by molar-refractivity contribution is 0.0481. The number of hydrogen-bond acceptors (Lipinski definition) is 1. The van der Waals surface area contributed by atoms with Crippen molar-refractivity contribution in [1.82, 2.24) is 0 Å². The monoisotopic (exact) mass is 170 g/mol. The van der Waals surface area contributed by atoms with Gasteiger partial charge in [-0.25, -0.2) is 0 Å². The van der Waals surface area contributed by atoms with Crippen molar-refractivity contribution in [1.29, 1.82) is 0 Å². The Hall–Kier alpha value is -0.0831. The normalized spacial score (nSPS) is 25.8. The summed E-state index contributed by atoms with van der Waals surface area (Å²) in [4.78, 5) is 0. The zero-order valence-electron chi connectivity index (χ0n) is 7.76. The molecule has 0 saturated carbocycles. The summed E-state index contributed by atoms with van der Waals surface area (Å²) >= 11 is 0. The van der Waals surface area contributed by atoms with Gasteiger partial charge in [-0.2, -0.15) is 0 Å². The van der Waals surface area contributed by atoms with Crippen LogP contribution in [0.5, 0.6) is 0 Å². The zero-order chi connectivity index (χ0) is 8.32. The highest BCUT2D eigenvalue weighted by Crippen LogP contribution is 2.30. The SMILES string of the molecule is CC(C)(O[SiH3])C1CC=CCC1. The van der Waals surface area contributed by atoms with Crippen LogP contribution in [0.2, 0.25) is 0 Å². The first-order valence-corrected chi connectivity index (χ1v) is 5.18. The first-order valence-electron chi connectivity index (χ1n) is 4.37. The molecule has 11 heavy (non-hydrogen) atoms. The Morgan fingerprint density at radius 3 is 2.64 bits per heavy atom. The van der Waals surface area contributed by atoms with Gasteiger partial charge in [0.05, 0.1) is 5.60 Å². The van der Waals surface area contributed by atoms with Crippen molar-refractivity contribution >= 4 is 10.5 Å². The van der Waals surface area contributed by atoms with Crippen molar-refractivity contribution in [3.8, 4) is 0 Å². The molecular weight excluding hydrogens is 152 g/mol. The van der Waals surface area contributed by atoms with Crippen LogP contribution in [-0.4, -0.2) is 16.1 Å². The van der Waals surface area contributed by atoms with Gasteiger partial charge >= 0.3 is 0 Å². The Kier molecular flexibility index (Phi) is 2.90. The average molecular weight is 170 g/mol. The second-order valence-electron chi connectivity index (χ2n) is 3.79. The summed E-state index contributed by atoms with van der Waals surface area (Å²) in [5.41, 5.74) is 0.122. The van der Waals surface area contributed by atoms with E-state index in [2.05, 4.69) is 26.0 Å². The molecule has 0 heterocycles. The molecule has 0 spiro atoms. The van der Waals surface area contributed by atoms with Gasteiger partial charge in [-0.05, 0) is 39.0 Å². The minimum atomic E-state index is 0.122. The van der Waals surface area contributed by atoms with Gasteiger partial charge in [0.25, 0.3) is 0 Å². The highest BCUT2D eigenvalue weighted by Gasteiger charge is 2.27. The molecule has 1 aliphatic carbocycles. The molecule has 0 radical (unpaired) electrons. The van der Waals surface area contributed by atoms with E-state index in [1.807, 2.05) is 0 Å². The van der Waals surface area contributed by atoms with Crippen LogP contribution in [0.3, 0.4) is 0 Å². The fourth-order valence-electron chi connectivity index (χ4n) is 1.59. The second kappa shape index (κ2) is 3.54. The lowest BCUT2D eigenvalue weighted by atomic mass is 9.82. The molecule has 1 aliphatic rings. The van der Waals surface area contributed by atoms with E-state index in [0.717, 1.165) is 16.4 Å². The topological polar surface area (TPSA) is 9.23 Å². The molecule has 1 atom stereocenters. The van der Waals surface area contributed by atoms with Gasteiger partial charge in [-0.1, -0.05) is 12.2 Å². The Morgan fingerprint density at radius 2 is 2.18 bits per heavy atom. The smallest absolute Gasteiger partial charge is 0.146 e. The van der Waals surface area contributed by atoms with Crippen LogP contribution in [0.25, 0.3) is 0 Å². The van der Waals surface area contributed by atoms with E-state index in [0.29, 0.717) is 0 Å². The molecule has 2 heteroatoms. The Bertz CT molecular complexity index is 152. The molecule has 0 aliphatic heterocycles. The molecule has 0 bridgehead atoms. The van der Waals surface area contributed by atoms with E-state index in [9.17, 15) is 0 Å². The van der Waals surface area contributed by atoms with Crippen molar-refractivity contribution in [2.24, 2.45) is 5.92 Å². The van der Waals surface area contributed by atoms with Gasteiger partial charge in [0.2, 0.25) is 0 Å². The third-order valence-electron chi connectivity index (χ3n) is 2.78. The lowest BCUT2D eigenvalue weighted by Crippen LogP contribution is -2.34. The van der Waals surface area contributed by atoms with Crippen LogP contribution in [0.15, 0.2) is 12.2 Å². The summed E-state index contributed by atoms with van der Waals surface area (Å²) in [5.74, 6) is 0.741. The van der Waals surface area contributed by atoms with E-state index in [1.165, 1.54) is 19.3 Å². The molecular formula is C9H18OSi. The Labute approximate surface area is 72.4 Å². The molecule has 1 rings (SSSR count). The summed E-state index contributed by atoms with van der Waals surface area (Å²) in [5, 5.41) is 0. The minimum Gasteiger partial charge on any atom is -0.423 e. The molecule has 64 valence electrons. The highest BCUT2D eigenvalue weighted by molar-refractivity contribution is 5.98. The minimum absolute atomic E-state index is 0.122. The van der Waals surface area contributed by atoms with Crippen LogP contribution in [0.4, 0.5) is 0 Å². The van der Waals surface area contributed by atoms with Crippen molar-refractivity contribution in [2.45, 2.75) is 38.7 Å². The van der Waals surface area contributed by atoms with Crippen molar-refractivity contribution < 1.29 is 4.43 Å². The Balaban J connectivity index is 2.52. The highest BCUT2D eigenvalue weighted by atomic mass is 28.2. The zero-order valence-corrected chi connectivity index (χ0v) is 9.76. The molecule has 0 aromatic rings. The van der Waals surface area contributed by atoms with Gasteiger partial charge < -0.3 is 4.43 Å². The van der Waals surface area contributed by atoms with Crippen LogP contribution in [0.1, 0.15) is 33.1 Å². The molecule has 0 N–H and O–H groups in total. The third-order valence-corrected chi connectivity index (χ3v) is 3.83. The molecule has 1 unspecified atom stereocenters. The van der Waals surface area contributed by atoms with Crippen molar-refractivity contribution in [3.05, 3.63) is 12.2 Å². The predicted molar refractivity (Wildman–Crippen MR) is 51.6 cm³/mol. The van der Waals surface area contributed by atoms with Gasteiger partial charge in [0, 0.05) is 0 Å². The largest absolute Gasteiger partial charge is 0.423 e. The summed E-state index contributed by atoms with van der Waals surface area (Å²) in [6, 6.07) is 0. The molecule has 1 nitrogen and oxygen atoms in total. The summed E-state index contributed by atoms with van der Waals surface area (Å²) in [7, 11) is 0.857. The predicted octanol–water partition coefficient (Wildman–Crippen LogP) is 1.42.